The monoisotopic (exact) mass is 252 g/mol. The molecule has 0 aromatic rings. The van der Waals surface area contributed by atoms with Crippen molar-refractivity contribution >= 4 is 0 Å². The van der Waals surface area contributed by atoms with E-state index in [1.165, 1.54) is 0 Å². The molecule has 1 atom stereocenters. The highest BCUT2D eigenvalue weighted by Crippen LogP contribution is 2.35. The SMILES string of the molecule is CCC1(C)CCN(CC(CN)C(F)(F)F)CC1. The molecule has 2 N–H and O–H groups in total. The Morgan fingerprint density at radius 1 is 1.29 bits per heavy atom. The van der Waals surface area contributed by atoms with Crippen molar-refractivity contribution in [2.45, 2.75) is 39.3 Å². The average molecular weight is 252 g/mol. The van der Waals surface area contributed by atoms with Gasteiger partial charge < -0.3 is 10.6 Å². The van der Waals surface area contributed by atoms with E-state index in [1.807, 2.05) is 4.90 Å². The highest BCUT2D eigenvalue weighted by atomic mass is 19.4. The van der Waals surface area contributed by atoms with Gasteiger partial charge in [-0.2, -0.15) is 13.2 Å². The summed E-state index contributed by atoms with van der Waals surface area (Å²) in [6.45, 7) is 5.63. The molecule has 1 heterocycles. The number of nitrogens with two attached hydrogens (primary N) is 1. The van der Waals surface area contributed by atoms with E-state index >= 15 is 0 Å². The van der Waals surface area contributed by atoms with Crippen LogP contribution in [0.1, 0.15) is 33.1 Å². The fourth-order valence-electron chi connectivity index (χ4n) is 2.25. The summed E-state index contributed by atoms with van der Waals surface area (Å²) in [7, 11) is 0. The van der Waals surface area contributed by atoms with E-state index in [9.17, 15) is 13.2 Å². The Kier molecular flexibility index (Phi) is 4.84. The molecule has 1 saturated heterocycles. The molecule has 5 heteroatoms. The molecule has 0 aromatic carbocycles. The zero-order chi connectivity index (χ0) is 13.1. The lowest BCUT2D eigenvalue weighted by molar-refractivity contribution is -0.177. The maximum Gasteiger partial charge on any atom is 0.394 e. The summed E-state index contributed by atoms with van der Waals surface area (Å²) >= 11 is 0. The first-order chi connectivity index (χ1) is 7.80. The largest absolute Gasteiger partial charge is 0.394 e. The van der Waals surface area contributed by atoms with Gasteiger partial charge in [-0.15, -0.1) is 0 Å². The van der Waals surface area contributed by atoms with Crippen molar-refractivity contribution in [3.63, 3.8) is 0 Å². The molecule has 0 aromatic heterocycles. The maximum absolute atomic E-state index is 12.6. The van der Waals surface area contributed by atoms with Gasteiger partial charge in [0, 0.05) is 13.1 Å². The molecule has 0 spiro atoms. The summed E-state index contributed by atoms with van der Waals surface area (Å²) in [5, 5.41) is 0. The van der Waals surface area contributed by atoms with Gasteiger partial charge in [0.15, 0.2) is 0 Å². The zero-order valence-corrected chi connectivity index (χ0v) is 10.7. The van der Waals surface area contributed by atoms with E-state index in [4.69, 9.17) is 5.73 Å². The summed E-state index contributed by atoms with van der Waals surface area (Å²) in [6.07, 6.45) is -1.10. The number of hydrogen-bond donors (Lipinski definition) is 1. The molecule has 1 aliphatic heterocycles. The molecule has 17 heavy (non-hydrogen) atoms. The molecule has 0 aliphatic carbocycles. The standard InChI is InChI=1S/C12H23F3N2/c1-3-11(2)4-6-17(7-5-11)9-10(8-16)12(13,14)15/h10H,3-9,16H2,1-2H3. The molecule has 2 nitrogen and oxygen atoms in total. The lowest BCUT2D eigenvalue weighted by Crippen LogP contribution is -2.45. The molecule has 0 amide bonds. The first-order valence-electron chi connectivity index (χ1n) is 6.30. The van der Waals surface area contributed by atoms with Crippen LogP contribution in [-0.2, 0) is 0 Å². The predicted molar refractivity (Wildman–Crippen MR) is 62.7 cm³/mol. The summed E-state index contributed by atoms with van der Waals surface area (Å²) in [5.41, 5.74) is 5.52. The van der Waals surface area contributed by atoms with Crippen LogP contribution >= 0.6 is 0 Å². The third kappa shape index (κ3) is 4.14. The van der Waals surface area contributed by atoms with Crippen LogP contribution in [0.25, 0.3) is 0 Å². The second-order valence-electron chi connectivity index (χ2n) is 5.44. The van der Waals surface area contributed by atoms with Gasteiger partial charge >= 0.3 is 6.18 Å². The molecular formula is C12H23F3N2. The summed E-state index contributed by atoms with van der Waals surface area (Å²) in [4.78, 5) is 1.91. The smallest absolute Gasteiger partial charge is 0.330 e. The predicted octanol–water partition coefficient (Wildman–Crippen LogP) is 2.64. The Morgan fingerprint density at radius 2 is 1.82 bits per heavy atom. The van der Waals surface area contributed by atoms with Gasteiger partial charge in [0.2, 0.25) is 0 Å². The molecule has 1 fully saturated rings. The van der Waals surface area contributed by atoms with E-state index < -0.39 is 12.1 Å². The maximum atomic E-state index is 12.6. The summed E-state index contributed by atoms with van der Waals surface area (Å²) in [6, 6.07) is 0. The fourth-order valence-corrected chi connectivity index (χ4v) is 2.25. The van der Waals surface area contributed by atoms with E-state index in [1.54, 1.807) is 0 Å². The van der Waals surface area contributed by atoms with Crippen molar-refractivity contribution in [2.75, 3.05) is 26.2 Å². The summed E-state index contributed by atoms with van der Waals surface area (Å²) in [5.74, 6) is -1.38. The molecule has 102 valence electrons. The van der Waals surface area contributed by atoms with Crippen molar-refractivity contribution < 1.29 is 13.2 Å². The van der Waals surface area contributed by atoms with Crippen LogP contribution in [-0.4, -0.2) is 37.3 Å². The van der Waals surface area contributed by atoms with Gasteiger partial charge in [-0.1, -0.05) is 20.3 Å². The number of likely N-dealkylation sites (tertiary alicyclic amines) is 1. The zero-order valence-electron chi connectivity index (χ0n) is 10.7. The number of nitrogens with zero attached hydrogens (tertiary/aromatic N) is 1. The van der Waals surface area contributed by atoms with Gasteiger partial charge in [-0.25, -0.2) is 0 Å². The van der Waals surface area contributed by atoms with Crippen molar-refractivity contribution in [1.29, 1.82) is 0 Å². The van der Waals surface area contributed by atoms with Crippen LogP contribution < -0.4 is 5.73 Å². The average Bonchev–Trinajstić information content (AvgIpc) is 2.27. The normalized spacial score (nSPS) is 23.6. The number of alkyl halides is 3. The van der Waals surface area contributed by atoms with Crippen molar-refractivity contribution in [2.24, 2.45) is 17.1 Å². The first-order valence-corrected chi connectivity index (χ1v) is 6.30. The van der Waals surface area contributed by atoms with Gasteiger partial charge in [-0.3, -0.25) is 0 Å². The highest BCUT2D eigenvalue weighted by molar-refractivity contribution is 4.83. The van der Waals surface area contributed by atoms with Crippen molar-refractivity contribution in [3.05, 3.63) is 0 Å². The quantitative estimate of drug-likeness (QED) is 0.833. The minimum absolute atomic E-state index is 0.0554. The van der Waals surface area contributed by atoms with Crippen LogP contribution in [0.2, 0.25) is 0 Å². The van der Waals surface area contributed by atoms with Gasteiger partial charge in [0.05, 0.1) is 5.92 Å². The minimum Gasteiger partial charge on any atom is -0.330 e. The Bertz CT molecular complexity index is 232. The van der Waals surface area contributed by atoms with Crippen LogP contribution in [0.5, 0.6) is 0 Å². The number of rotatable bonds is 4. The molecule has 0 saturated carbocycles. The molecule has 0 radical (unpaired) electrons. The van der Waals surface area contributed by atoms with Crippen LogP contribution in [0, 0.1) is 11.3 Å². The molecule has 1 aliphatic rings. The van der Waals surface area contributed by atoms with Gasteiger partial charge in [-0.05, 0) is 31.3 Å². The van der Waals surface area contributed by atoms with Crippen molar-refractivity contribution in [1.82, 2.24) is 4.90 Å². The van der Waals surface area contributed by atoms with Gasteiger partial charge in [0.25, 0.3) is 0 Å². The van der Waals surface area contributed by atoms with E-state index in [2.05, 4.69) is 13.8 Å². The van der Waals surface area contributed by atoms with E-state index in [-0.39, 0.29) is 13.1 Å². The fraction of sp³-hybridized carbons (Fsp3) is 1.00. The number of hydrogen-bond acceptors (Lipinski definition) is 2. The second-order valence-corrected chi connectivity index (χ2v) is 5.44. The van der Waals surface area contributed by atoms with E-state index in [0.29, 0.717) is 5.41 Å². The number of halogens is 3. The van der Waals surface area contributed by atoms with Crippen molar-refractivity contribution in [3.8, 4) is 0 Å². The lowest BCUT2D eigenvalue weighted by Gasteiger charge is -2.40. The Labute approximate surface area is 101 Å². The first kappa shape index (κ1) is 14.8. The minimum atomic E-state index is -4.17. The topological polar surface area (TPSA) is 29.3 Å². The Morgan fingerprint density at radius 3 is 2.18 bits per heavy atom. The molecule has 0 bridgehead atoms. The number of piperidine rings is 1. The Balaban J connectivity index is 2.45. The third-order valence-corrected chi connectivity index (χ3v) is 4.14. The molecule has 1 unspecified atom stereocenters. The van der Waals surface area contributed by atoms with Crippen LogP contribution in [0.4, 0.5) is 13.2 Å². The van der Waals surface area contributed by atoms with Crippen LogP contribution in [0.15, 0.2) is 0 Å². The van der Waals surface area contributed by atoms with Crippen LogP contribution in [0.3, 0.4) is 0 Å². The third-order valence-electron chi connectivity index (χ3n) is 4.14. The van der Waals surface area contributed by atoms with Gasteiger partial charge in [0.1, 0.15) is 0 Å². The lowest BCUT2D eigenvalue weighted by atomic mass is 9.78. The molecular weight excluding hydrogens is 229 g/mol. The highest BCUT2D eigenvalue weighted by Gasteiger charge is 2.40. The molecule has 1 rings (SSSR count). The summed E-state index contributed by atoms with van der Waals surface area (Å²) < 4.78 is 37.8. The van der Waals surface area contributed by atoms with E-state index in [0.717, 1.165) is 32.4 Å². The second kappa shape index (κ2) is 5.57. The Hall–Kier alpha value is -0.290.